The van der Waals surface area contributed by atoms with Gasteiger partial charge in [0, 0.05) is 27.8 Å². The van der Waals surface area contributed by atoms with Crippen molar-refractivity contribution < 1.29 is 14.4 Å². The molecule has 2 aromatic carbocycles. The van der Waals surface area contributed by atoms with Crippen molar-refractivity contribution in [3.05, 3.63) is 64.7 Å². The van der Waals surface area contributed by atoms with Gasteiger partial charge in [0.1, 0.15) is 0 Å². The summed E-state index contributed by atoms with van der Waals surface area (Å²) < 4.78 is 0. The van der Waals surface area contributed by atoms with Crippen LogP contribution in [-0.4, -0.2) is 17.7 Å². The molecule has 3 amide bonds. The third-order valence-corrected chi connectivity index (χ3v) is 4.01. The quantitative estimate of drug-likeness (QED) is 0.735. The maximum absolute atomic E-state index is 12.1. The number of nitrogens with one attached hydrogen (secondary N) is 3. The zero-order valence-corrected chi connectivity index (χ0v) is 14.0. The minimum Gasteiger partial charge on any atom is -0.326 e. The molecular formula is C18H16ClN3O3. The molecular weight excluding hydrogens is 342 g/mol. The zero-order valence-electron chi connectivity index (χ0n) is 13.2. The molecule has 1 fully saturated rings. The van der Waals surface area contributed by atoms with Gasteiger partial charge in [-0.25, -0.2) is 0 Å². The van der Waals surface area contributed by atoms with E-state index in [-0.39, 0.29) is 11.8 Å². The fourth-order valence-electron chi connectivity index (χ4n) is 2.15. The molecule has 3 N–H and O–H groups in total. The van der Waals surface area contributed by atoms with E-state index in [0.717, 1.165) is 12.8 Å². The van der Waals surface area contributed by atoms with Crippen molar-refractivity contribution in [3.63, 3.8) is 0 Å². The topological polar surface area (TPSA) is 87.3 Å². The molecule has 0 heterocycles. The highest BCUT2D eigenvalue weighted by Crippen LogP contribution is 2.30. The summed E-state index contributed by atoms with van der Waals surface area (Å²) in [5.74, 6) is -0.779. The number of anilines is 1. The van der Waals surface area contributed by atoms with Crippen LogP contribution in [0.1, 0.15) is 33.6 Å². The Labute approximate surface area is 149 Å². The molecule has 0 aliphatic heterocycles. The van der Waals surface area contributed by atoms with Crippen LogP contribution in [0.25, 0.3) is 0 Å². The van der Waals surface area contributed by atoms with Crippen molar-refractivity contribution >= 4 is 35.0 Å². The number of carbonyl (C=O) groups is 3. The van der Waals surface area contributed by atoms with Crippen LogP contribution in [0.2, 0.25) is 5.02 Å². The van der Waals surface area contributed by atoms with Gasteiger partial charge in [-0.05, 0) is 61.4 Å². The predicted octanol–water partition coefficient (Wildman–Crippen LogP) is 2.76. The number of hydrazine groups is 1. The van der Waals surface area contributed by atoms with Crippen LogP contribution in [0.5, 0.6) is 0 Å². The smallest absolute Gasteiger partial charge is 0.269 e. The van der Waals surface area contributed by atoms with Gasteiger partial charge >= 0.3 is 0 Å². The van der Waals surface area contributed by atoms with Gasteiger partial charge in [-0.2, -0.15) is 0 Å². The second-order valence-electron chi connectivity index (χ2n) is 5.76. The minimum absolute atomic E-state index is 0.00688. The average molecular weight is 358 g/mol. The molecule has 2 aromatic rings. The summed E-state index contributed by atoms with van der Waals surface area (Å²) in [7, 11) is 0. The highest BCUT2D eigenvalue weighted by molar-refractivity contribution is 6.30. The third-order valence-electron chi connectivity index (χ3n) is 3.76. The number of amides is 3. The maximum Gasteiger partial charge on any atom is 0.269 e. The first kappa shape index (κ1) is 17.0. The van der Waals surface area contributed by atoms with Crippen molar-refractivity contribution in [1.29, 1.82) is 0 Å². The van der Waals surface area contributed by atoms with E-state index < -0.39 is 11.8 Å². The van der Waals surface area contributed by atoms with Gasteiger partial charge < -0.3 is 5.32 Å². The number of hydrogen-bond donors (Lipinski definition) is 3. The van der Waals surface area contributed by atoms with Crippen LogP contribution in [0, 0.1) is 5.92 Å². The Balaban J connectivity index is 1.53. The van der Waals surface area contributed by atoms with E-state index in [4.69, 9.17) is 11.6 Å². The molecule has 1 aliphatic rings. The van der Waals surface area contributed by atoms with E-state index >= 15 is 0 Å². The molecule has 0 spiro atoms. The standard InChI is InChI=1S/C18H16ClN3O3/c19-14-7-3-12(4-8-14)17(24)21-22-18(25)13-5-9-15(10-6-13)20-16(23)11-1-2-11/h3-11H,1-2H2,(H,20,23)(H,21,24)(H,22,25). The van der Waals surface area contributed by atoms with Crippen molar-refractivity contribution in [2.75, 3.05) is 5.32 Å². The van der Waals surface area contributed by atoms with Crippen LogP contribution < -0.4 is 16.2 Å². The molecule has 0 aromatic heterocycles. The highest BCUT2D eigenvalue weighted by atomic mass is 35.5. The van der Waals surface area contributed by atoms with Gasteiger partial charge in [0.25, 0.3) is 11.8 Å². The Kier molecular flexibility index (Phi) is 5.00. The molecule has 1 aliphatic carbocycles. The molecule has 0 radical (unpaired) electrons. The van der Waals surface area contributed by atoms with Crippen molar-refractivity contribution in [2.45, 2.75) is 12.8 Å². The first-order valence-electron chi connectivity index (χ1n) is 7.80. The number of carbonyl (C=O) groups excluding carboxylic acids is 3. The average Bonchev–Trinajstić information content (AvgIpc) is 3.46. The summed E-state index contributed by atoms with van der Waals surface area (Å²) in [6.45, 7) is 0. The number of rotatable bonds is 4. The van der Waals surface area contributed by atoms with Crippen LogP contribution in [-0.2, 0) is 4.79 Å². The summed E-state index contributed by atoms with van der Waals surface area (Å²) in [6.07, 6.45) is 1.86. The number of halogens is 1. The largest absolute Gasteiger partial charge is 0.326 e. The maximum atomic E-state index is 12.1. The monoisotopic (exact) mass is 357 g/mol. The van der Waals surface area contributed by atoms with Gasteiger partial charge in [0.15, 0.2) is 0 Å². The Bertz CT molecular complexity index is 799. The lowest BCUT2D eigenvalue weighted by molar-refractivity contribution is -0.117. The van der Waals surface area contributed by atoms with Crippen LogP contribution in [0.3, 0.4) is 0 Å². The van der Waals surface area contributed by atoms with E-state index in [1.54, 1.807) is 48.5 Å². The lowest BCUT2D eigenvalue weighted by Crippen LogP contribution is -2.41. The lowest BCUT2D eigenvalue weighted by Gasteiger charge is -2.09. The summed E-state index contributed by atoms with van der Waals surface area (Å²) in [5.41, 5.74) is 6.05. The highest BCUT2D eigenvalue weighted by Gasteiger charge is 2.29. The number of hydrogen-bond acceptors (Lipinski definition) is 3. The minimum atomic E-state index is -0.456. The second-order valence-corrected chi connectivity index (χ2v) is 6.19. The van der Waals surface area contributed by atoms with E-state index in [1.165, 1.54) is 0 Å². The third kappa shape index (κ3) is 4.58. The van der Waals surface area contributed by atoms with E-state index in [9.17, 15) is 14.4 Å². The second kappa shape index (κ2) is 7.36. The molecule has 0 saturated heterocycles. The van der Waals surface area contributed by atoms with Crippen LogP contribution in [0.4, 0.5) is 5.69 Å². The molecule has 0 bridgehead atoms. The summed E-state index contributed by atoms with van der Waals surface area (Å²) in [6, 6.07) is 12.7. The Hall–Kier alpha value is -2.86. The van der Waals surface area contributed by atoms with Crippen molar-refractivity contribution in [1.82, 2.24) is 10.9 Å². The molecule has 1 saturated carbocycles. The Morgan fingerprint density at radius 2 is 1.28 bits per heavy atom. The molecule has 3 rings (SSSR count). The zero-order chi connectivity index (χ0) is 17.8. The molecule has 7 heteroatoms. The fraction of sp³-hybridized carbons (Fsp3) is 0.167. The SMILES string of the molecule is O=C(NNC(=O)c1ccc(NC(=O)C2CC2)cc1)c1ccc(Cl)cc1. The Morgan fingerprint density at radius 1 is 0.800 bits per heavy atom. The summed E-state index contributed by atoms with van der Waals surface area (Å²) in [4.78, 5) is 35.7. The molecule has 25 heavy (non-hydrogen) atoms. The van der Waals surface area contributed by atoms with Gasteiger partial charge in [-0.15, -0.1) is 0 Å². The van der Waals surface area contributed by atoms with Gasteiger partial charge in [-0.3, -0.25) is 25.2 Å². The lowest BCUT2D eigenvalue weighted by atomic mass is 10.2. The van der Waals surface area contributed by atoms with E-state index in [1.807, 2.05) is 0 Å². The number of benzene rings is 2. The fourth-order valence-corrected chi connectivity index (χ4v) is 2.28. The normalized spacial score (nSPS) is 13.0. The van der Waals surface area contributed by atoms with Crippen LogP contribution in [0.15, 0.2) is 48.5 Å². The molecule has 6 nitrogen and oxygen atoms in total. The van der Waals surface area contributed by atoms with Gasteiger partial charge in [0.05, 0.1) is 0 Å². The van der Waals surface area contributed by atoms with Crippen LogP contribution >= 0.6 is 11.6 Å². The van der Waals surface area contributed by atoms with Crippen molar-refractivity contribution in [3.8, 4) is 0 Å². The molecule has 0 atom stereocenters. The Morgan fingerprint density at radius 3 is 1.76 bits per heavy atom. The van der Waals surface area contributed by atoms with Crippen molar-refractivity contribution in [2.24, 2.45) is 5.92 Å². The van der Waals surface area contributed by atoms with E-state index in [2.05, 4.69) is 16.2 Å². The van der Waals surface area contributed by atoms with Gasteiger partial charge in [0.2, 0.25) is 5.91 Å². The summed E-state index contributed by atoms with van der Waals surface area (Å²) in [5, 5.41) is 3.32. The predicted molar refractivity (Wildman–Crippen MR) is 94.2 cm³/mol. The first-order chi connectivity index (χ1) is 12.0. The molecule has 0 unspecified atom stereocenters. The first-order valence-corrected chi connectivity index (χ1v) is 8.18. The molecule has 128 valence electrons. The van der Waals surface area contributed by atoms with E-state index in [0.29, 0.717) is 21.8 Å². The van der Waals surface area contributed by atoms with Gasteiger partial charge in [-0.1, -0.05) is 11.6 Å². The summed E-state index contributed by atoms with van der Waals surface area (Å²) >= 11 is 5.76.